The lowest BCUT2D eigenvalue weighted by molar-refractivity contribution is -0.133. The van der Waals surface area contributed by atoms with Crippen molar-refractivity contribution in [2.45, 2.75) is 13.0 Å². The molecule has 5 nitrogen and oxygen atoms in total. The lowest BCUT2D eigenvalue weighted by Gasteiger charge is -2.15. The summed E-state index contributed by atoms with van der Waals surface area (Å²) in [5, 5.41) is 11.1. The number of carboxylic acids is 1. The molecule has 0 aliphatic heterocycles. The molecule has 0 saturated carbocycles. The van der Waals surface area contributed by atoms with Crippen molar-refractivity contribution in [1.29, 1.82) is 0 Å². The summed E-state index contributed by atoms with van der Waals surface area (Å²) < 4.78 is 18.3. The van der Waals surface area contributed by atoms with Gasteiger partial charge in [0.2, 0.25) is 5.91 Å². The minimum atomic E-state index is -0.965. The number of halogens is 1. The molecule has 110 valence electrons. The van der Waals surface area contributed by atoms with Crippen LogP contribution < -0.4 is 10.1 Å². The van der Waals surface area contributed by atoms with E-state index in [2.05, 4.69) is 5.32 Å². The standard InChI is InChI=1S/C13H16FNO4S/c1-8(15-12(16)6-20-7-13(17)18)9-3-4-11(19-2)10(14)5-9/h3-5,8H,6-7H2,1-2H3,(H,15,16)(H,17,18). The Kier molecular flexibility index (Phi) is 6.30. The Balaban J connectivity index is 2.53. The van der Waals surface area contributed by atoms with Gasteiger partial charge in [-0.25, -0.2) is 4.39 Å². The van der Waals surface area contributed by atoms with E-state index in [-0.39, 0.29) is 29.2 Å². The molecule has 0 aliphatic carbocycles. The minimum absolute atomic E-state index is 0.0509. The summed E-state index contributed by atoms with van der Waals surface area (Å²) in [6.07, 6.45) is 0. The highest BCUT2D eigenvalue weighted by Crippen LogP contribution is 2.21. The molecule has 0 heterocycles. The second-order valence-corrected chi connectivity index (χ2v) is 5.06. The first-order chi connectivity index (χ1) is 9.43. The van der Waals surface area contributed by atoms with Gasteiger partial charge in [0.25, 0.3) is 0 Å². The maximum Gasteiger partial charge on any atom is 0.313 e. The number of thioether (sulfide) groups is 1. The zero-order valence-corrected chi connectivity index (χ0v) is 12.0. The monoisotopic (exact) mass is 301 g/mol. The van der Waals surface area contributed by atoms with Crippen LogP contribution in [0.4, 0.5) is 4.39 Å². The van der Waals surface area contributed by atoms with Crippen LogP contribution in [-0.2, 0) is 9.59 Å². The van der Waals surface area contributed by atoms with Gasteiger partial charge in [-0.05, 0) is 24.6 Å². The van der Waals surface area contributed by atoms with Gasteiger partial charge in [0.1, 0.15) is 0 Å². The molecule has 2 N–H and O–H groups in total. The van der Waals surface area contributed by atoms with Crippen molar-refractivity contribution in [3.63, 3.8) is 0 Å². The van der Waals surface area contributed by atoms with Gasteiger partial charge in [-0.3, -0.25) is 9.59 Å². The molecule has 1 aromatic carbocycles. The second kappa shape index (κ2) is 7.74. The molecule has 7 heteroatoms. The van der Waals surface area contributed by atoms with Crippen molar-refractivity contribution in [3.05, 3.63) is 29.6 Å². The average molecular weight is 301 g/mol. The predicted molar refractivity (Wildman–Crippen MR) is 74.5 cm³/mol. The smallest absolute Gasteiger partial charge is 0.313 e. The first-order valence-corrected chi connectivity index (χ1v) is 7.02. The Labute approximate surface area is 120 Å². The number of carbonyl (C=O) groups is 2. The fraction of sp³-hybridized carbons (Fsp3) is 0.385. The summed E-state index contributed by atoms with van der Waals surface area (Å²) in [5.74, 6) is -1.68. The first kappa shape index (κ1) is 16.3. The topological polar surface area (TPSA) is 75.6 Å². The van der Waals surface area contributed by atoms with E-state index in [0.29, 0.717) is 5.56 Å². The molecule has 1 rings (SSSR count). The Bertz CT molecular complexity index is 495. The van der Waals surface area contributed by atoms with Crippen LogP contribution >= 0.6 is 11.8 Å². The molecule has 20 heavy (non-hydrogen) atoms. The van der Waals surface area contributed by atoms with Gasteiger partial charge in [-0.15, -0.1) is 11.8 Å². The summed E-state index contributed by atoms with van der Waals surface area (Å²) in [6, 6.07) is 4.09. The van der Waals surface area contributed by atoms with Crippen LogP contribution in [-0.4, -0.2) is 35.6 Å². The van der Waals surface area contributed by atoms with E-state index >= 15 is 0 Å². The third-order valence-corrected chi connectivity index (χ3v) is 3.43. The lowest BCUT2D eigenvalue weighted by Crippen LogP contribution is -2.28. The van der Waals surface area contributed by atoms with E-state index in [1.807, 2.05) is 0 Å². The number of methoxy groups -OCH3 is 1. The van der Waals surface area contributed by atoms with Crippen molar-refractivity contribution >= 4 is 23.6 Å². The van der Waals surface area contributed by atoms with Crippen molar-refractivity contribution in [2.75, 3.05) is 18.6 Å². The van der Waals surface area contributed by atoms with Crippen molar-refractivity contribution in [2.24, 2.45) is 0 Å². The van der Waals surface area contributed by atoms with E-state index in [0.717, 1.165) is 11.8 Å². The van der Waals surface area contributed by atoms with Gasteiger partial charge in [0.15, 0.2) is 11.6 Å². The van der Waals surface area contributed by atoms with Crippen molar-refractivity contribution in [3.8, 4) is 5.75 Å². The van der Waals surface area contributed by atoms with Gasteiger partial charge < -0.3 is 15.2 Å². The van der Waals surface area contributed by atoms with Gasteiger partial charge >= 0.3 is 5.97 Å². The maximum atomic E-state index is 13.5. The summed E-state index contributed by atoms with van der Waals surface area (Å²) in [7, 11) is 1.38. The molecule has 0 saturated heterocycles. The highest BCUT2D eigenvalue weighted by atomic mass is 32.2. The zero-order valence-electron chi connectivity index (χ0n) is 11.2. The molecule has 1 amide bonds. The lowest BCUT2D eigenvalue weighted by atomic mass is 10.1. The van der Waals surface area contributed by atoms with Crippen LogP contribution in [0.25, 0.3) is 0 Å². The van der Waals surface area contributed by atoms with Crippen molar-refractivity contribution < 1.29 is 23.8 Å². The molecule has 0 fully saturated rings. The Hall–Kier alpha value is -1.76. The Morgan fingerprint density at radius 3 is 2.70 bits per heavy atom. The quantitative estimate of drug-likeness (QED) is 0.803. The molecule has 0 spiro atoms. The van der Waals surface area contributed by atoms with Gasteiger partial charge in [0.05, 0.1) is 24.7 Å². The van der Waals surface area contributed by atoms with Crippen LogP contribution in [0.2, 0.25) is 0 Å². The van der Waals surface area contributed by atoms with Crippen LogP contribution in [0.3, 0.4) is 0 Å². The minimum Gasteiger partial charge on any atom is -0.494 e. The number of amides is 1. The number of nitrogens with one attached hydrogen (secondary N) is 1. The number of ether oxygens (including phenoxy) is 1. The molecule has 1 unspecified atom stereocenters. The van der Waals surface area contributed by atoms with Crippen LogP contribution in [0.1, 0.15) is 18.5 Å². The maximum absolute atomic E-state index is 13.5. The highest BCUT2D eigenvalue weighted by Gasteiger charge is 2.12. The summed E-state index contributed by atoms with van der Waals surface area (Å²) in [6.45, 7) is 1.72. The summed E-state index contributed by atoms with van der Waals surface area (Å²) in [4.78, 5) is 21.9. The molecule has 0 aliphatic rings. The highest BCUT2D eigenvalue weighted by molar-refractivity contribution is 8.00. The fourth-order valence-electron chi connectivity index (χ4n) is 1.55. The van der Waals surface area contributed by atoms with E-state index in [1.165, 1.54) is 19.2 Å². The van der Waals surface area contributed by atoms with Gasteiger partial charge in [-0.1, -0.05) is 6.07 Å². The number of rotatable bonds is 7. The Morgan fingerprint density at radius 2 is 2.15 bits per heavy atom. The first-order valence-electron chi connectivity index (χ1n) is 5.86. The average Bonchev–Trinajstić information content (AvgIpc) is 2.38. The van der Waals surface area contributed by atoms with E-state index < -0.39 is 11.8 Å². The molecule has 1 atom stereocenters. The number of hydrogen-bond acceptors (Lipinski definition) is 4. The largest absolute Gasteiger partial charge is 0.494 e. The predicted octanol–water partition coefficient (Wildman–Crippen LogP) is 1.83. The number of aliphatic carboxylic acids is 1. The molecule has 0 radical (unpaired) electrons. The number of benzene rings is 1. The molecular weight excluding hydrogens is 285 g/mol. The van der Waals surface area contributed by atoms with Gasteiger partial charge in [0, 0.05) is 0 Å². The fourth-order valence-corrected chi connectivity index (χ4v) is 2.09. The number of carboxylic acid groups (broad SMARTS) is 1. The van der Waals surface area contributed by atoms with Crippen LogP contribution in [0.5, 0.6) is 5.75 Å². The number of carbonyl (C=O) groups excluding carboxylic acids is 1. The van der Waals surface area contributed by atoms with E-state index in [4.69, 9.17) is 9.84 Å². The number of hydrogen-bond donors (Lipinski definition) is 2. The van der Waals surface area contributed by atoms with Crippen molar-refractivity contribution in [1.82, 2.24) is 5.32 Å². The second-order valence-electron chi connectivity index (χ2n) is 4.07. The normalized spacial score (nSPS) is 11.8. The van der Waals surface area contributed by atoms with Gasteiger partial charge in [-0.2, -0.15) is 0 Å². The molecule has 0 aromatic heterocycles. The summed E-state index contributed by atoms with van der Waals surface area (Å²) >= 11 is 1.01. The Morgan fingerprint density at radius 1 is 1.45 bits per heavy atom. The third-order valence-electron chi connectivity index (χ3n) is 2.51. The summed E-state index contributed by atoms with van der Waals surface area (Å²) in [5.41, 5.74) is 0.611. The third kappa shape index (κ3) is 5.08. The van der Waals surface area contributed by atoms with Crippen LogP contribution in [0, 0.1) is 5.82 Å². The van der Waals surface area contributed by atoms with E-state index in [9.17, 15) is 14.0 Å². The zero-order chi connectivity index (χ0) is 15.1. The SMILES string of the molecule is COc1ccc(C(C)NC(=O)CSCC(=O)O)cc1F. The molecule has 0 bridgehead atoms. The molecular formula is C13H16FNO4S. The molecule has 1 aromatic rings. The van der Waals surface area contributed by atoms with E-state index in [1.54, 1.807) is 13.0 Å². The van der Waals surface area contributed by atoms with Crippen LogP contribution in [0.15, 0.2) is 18.2 Å².